The van der Waals surface area contributed by atoms with E-state index in [-0.39, 0.29) is 12.4 Å². The summed E-state index contributed by atoms with van der Waals surface area (Å²) in [7, 11) is 1.61. The number of carbonyl (C=O) groups excluding carboxylic acids is 1. The van der Waals surface area contributed by atoms with Gasteiger partial charge < -0.3 is 14.2 Å². The fourth-order valence-electron chi connectivity index (χ4n) is 3.55. The molecule has 0 fully saturated rings. The predicted molar refractivity (Wildman–Crippen MR) is 120 cm³/mol. The molecule has 4 rings (SSSR count). The Morgan fingerprint density at radius 1 is 1.00 bits per heavy atom. The maximum Gasteiger partial charge on any atom is 0.306 e. The van der Waals surface area contributed by atoms with Crippen molar-refractivity contribution in [2.24, 2.45) is 0 Å². The van der Waals surface area contributed by atoms with Crippen molar-refractivity contribution in [2.75, 3.05) is 13.7 Å². The molecule has 4 aromatic rings. The van der Waals surface area contributed by atoms with Gasteiger partial charge in [0.25, 0.3) is 0 Å². The van der Waals surface area contributed by atoms with Crippen LogP contribution in [0, 0.1) is 6.92 Å². The third kappa shape index (κ3) is 4.43. The van der Waals surface area contributed by atoms with E-state index in [2.05, 4.69) is 9.97 Å². The van der Waals surface area contributed by atoms with Crippen molar-refractivity contribution in [3.8, 4) is 17.2 Å². The number of hydrogen-bond donors (Lipinski definition) is 0. The molecule has 6 heteroatoms. The predicted octanol–water partition coefficient (Wildman–Crippen LogP) is 5.39. The van der Waals surface area contributed by atoms with Crippen molar-refractivity contribution in [1.29, 1.82) is 0 Å². The van der Waals surface area contributed by atoms with Gasteiger partial charge in [-0.25, -0.2) is 4.98 Å². The first-order valence-electron chi connectivity index (χ1n) is 10.2. The first-order chi connectivity index (χ1) is 15.1. The van der Waals surface area contributed by atoms with Crippen LogP contribution in [0.2, 0.25) is 0 Å². The van der Waals surface area contributed by atoms with E-state index in [4.69, 9.17) is 14.2 Å². The number of pyridine rings is 2. The maximum absolute atomic E-state index is 11.8. The van der Waals surface area contributed by atoms with Crippen LogP contribution in [-0.4, -0.2) is 29.7 Å². The van der Waals surface area contributed by atoms with Gasteiger partial charge in [0.15, 0.2) is 0 Å². The highest BCUT2D eigenvalue weighted by Gasteiger charge is 2.14. The molecule has 0 saturated carbocycles. The second kappa shape index (κ2) is 9.00. The van der Waals surface area contributed by atoms with Crippen molar-refractivity contribution in [2.45, 2.75) is 26.7 Å². The van der Waals surface area contributed by atoms with Crippen molar-refractivity contribution >= 4 is 27.8 Å². The summed E-state index contributed by atoms with van der Waals surface area (Å²) in [5.74, 6) is 1.81. The van der Waals surface area contributed by atoms with Crippen molar-refractivity contribution in [1.82, 2.24) is 9.97 Å². The lowest BCUT2D eigenvalue weighted by atomic mass is 10.0. The molecule has 31 heavy (non-hydrogen) atoms. The number of esters is 1. The summed E-state index contributed by atoms with van der Waals surface area (Å²) < 4.78 is 16.9. The Balaban J connectivity index is 1.69. The van der Waals surface area contributed by atoms with Gasteiger partial charge in [-0.2, -0.15) is 0 Å². The molecule has 2 heterocycles. The van der Waals surface area contributed by atoms with Gasteiger partial charge in [0.2, 0.25) is 0 Å². The molecule has 0 aliphatic heterocycles. The molecule has 0 aliphatic rings. The van der Waals surface area contributed by atoms with E-state index in [0.29, 0.717) is 30.3 Å². The summed E-state index contributed by atoms with van der Waals surface area (Å²) in [5.41, 5.74) is 3.40. The molecule has 0 bridgehead atoms. The van der Waals surface area contributed by atoms with Crippen LogP contribution in [0.1, 0.15) is 24.6 Å². The third-order valence-corrected chi connectivity index (χ3v) is 5.10. The number of ether oxygens (including phenoxy) is 3. The number of methoxy groups -OCH3 is 1. The van der Waals surface area contributed by atoms with Crippen LogP contribution in [0.15, 0.2) is 54.7 Å². The number of hydrogen-bond acceptors (Lipinski definition) is 6. The Bertz CT molecular complexity index is 1250. The summed E-state index contributed by atoms with van der Waals surface area (Å²) in [4.78, 5) is 20.9. The molecule has 0 unspecified atom stereocenters. The number of benzene rings is 2. The van der Waals surface area contributed by atoms with Gasteiger partial charge in [-0.05, 0) is 56.2 Å². The number of para-hydroxylation sites is 1. The molecule has 0 radical (unpaired) electrons. The van der Waals surface area contributed by atoms with Crippen LogP contribution in [0.3, 0.4) is 0 Å². The zero-order chi connectivity index (χ0) is 21.8. The van der Waals surface area contributed by atoms with Crippen molar-refractivity contribution in [3.05, 3.63) is 66.0 Å². The molecular weight excluding hydrogens is 392 g/mol. The number of carbonyl (C=O) groups is 1. The lowest BCUT2D eigenvalue weighted by molar-refractivity contribution is -0.143. The first-order valence-corrected chi connectivity index (χ1v) is 10.2. The topological polar surface area (TPSA) is 70.5 Å². The first kappa shape index (κ1) is 20.6. The van der Waals surface area contributed by atoms with Crippen LogP contribution in [-0.2, 0) is 16.0 Å². The van der Waals surface area contributed by atoms with Gasteiger partial charge in [0, 0.05) is 23.4 Å². The lowest BCUT2D eigenvalue weighted by Crippen LogP contribution is -2.06. The lowest BCUT2D eigenvalue weighted by Gasteiger charge is -2.14. The quantitative estimate of drug-likeness (QED) is 0.376. The molecular formula is C25H24N2O4. The maximum atomic E-state index is 11.8. The second-order valence-corrected chi connectivity index (χ2v) is 7.16. The Hall–Kier alpha value is -3.67. The van der Waals surface area contributed by atoms with Crippen molar-refractivity contribution < 1.29 is 19.0 Å². The number of aromatic nitrogens is 2. The average Bonchev–Trinajstić information content (AvgIpc) is 2.78. The molecule has 0 aliphatic carbocycles. The Labute approximate surface area is 180 Å². The molecule has 0 atom stereocenters. The fraction of sp³-hybridized carbons (Fsp3) is 0.240. The molecule has 0 saturated heterocycles. The molecule has 0 amide bonds. The normalized spacial score (nSPS) is 10.9. The van der Waals surface area contributed by atoms with Gasteiger partial charge in [-0.15, -0.1) is 0 Å². The van der Waals surface area contributed by atoms with Gasteiger partial charge in [-0.1, -0.05) is 18.2 Å². The average molecular weight is 416 g/mol. The smallest absolute Gasteiger partial charge is 0.306 e. The fourth-order valence-corrected chi connectivity index (χ4v) is 3.55. The summed E-state index contributed by atoms with van der Waals surface area (Å²) in [6, 6.07) is 15.6. The highest BCUT2D eigenvalue weighted by atomic mass is 16.5. The van der Waals surface area contributed by atoms with Crippen LogP contribution < -0.4 is 9.47 Å². The minimum atomic E-state index is -0.228. The Morgan fingerprint density at radius 2 is 1.84 bits per heavy atom. The number of aryl methyl sites for hydroxylation is 2. The minimum absolute atomic E-state index is 0.228. The van der Waals surface area contributed by atoms with E-state index >= 15 is 0 Å². The summed E-state index contributed by atoms with van der Waals surface area (Å²) in [6.45, 7) is 4.10. The minimum Gasteiger partial charge on any atom is -0.496 e. The van der Waals surface area contributed by atoms with Crippen LogP contribution >= 0.6 is 0 Å². The molecule has 0 N–H and O–H groups in total. The van der Waals surface area contributed by atoms with Gasteiger partial charge >= 0.3 is 5.97 Å². The van der Waals surface area contributed by atoms with Crippen LogP contribution in [0.25, 0.3) is 21.8 Å². The molecule has 0 spiro atoms. The van der Waals surface area contributed by atoms with E-state index in [9.17, 15) is 4.79 Å². The number of fused-ring (bicyclic) bond motifs is 2. The Morgan fingerprint density at radius 3 is 2.65 bits per heavy atom. The second-order valence-electron chi connectivity index (χ2n) is 7.16. The SMILES string of the molecule is CCOC(=O)CCc1cc2nccc(Oc3cc4ccccc4nc3C)c2cc1OC. The van der Waals surface area contributed by atoms with E-state index in [0.717, 1.165) is 33.1 Å². The van der Waals surface area contributed by atoms with Gasteiger partial charge in [0.1, 0.15) is 17.2 Å². The number of rotatable bonds is 7. The highest BCUT2D eigenvalue weighted by molar-refractivity contribution is 5.88. The van der Waals surface area contributed by atoms with E-state index in [1.54, 1.807) is 20.2 Å². The van der Waals surface area contributed by atoms with Gasteiger partial charge in [-0.3, -0.25) is 9.78 Å². The molecule has 2 aromatic carbocycles. The molecule has 2 aromatic heterocycles. The van der Waals surface area contributed by atoms with Gasteiger partial charge in [0.05, 0.1) is 30.4 Å². The standard InChI is InChI=1S/C25H24N2O4/c1-4-30-25(28)10-9-18-13-21-19(15-24(18)29-3)22(11-12-26-21)31-23-14-17-7-5-6-8-20(17)27-16(23)2/h5-8,11-15H,4,9-10H2,1-3H3. The highest BCUT2D eigenvalue weighted by Crippen LogP contribution is 2.35. The van der Waals surface area contributed by atoms with E-state index < -0.39 is 0 Å². The van der Waals surface area contributed by atoms with Crippen molar-refractivity contribution in [3.63, 3.8) is 0 Å². The van der Waals surface area contributed by atoms with E-state index in [1.165, 1.54) is 0 Å². The summed E-state index contributed by atoms with van der Waals surface area (Å²) in [5, 5.41) is 1.84. The Kier molecular flexibility index (Phi) is 5.98. The van der Waals surface area contributed by atoms with Crippen LogP contribution in [0.4, 0.5) is 0 Å². The molecule has 6 nitrogen and oxygen atoms in total. The summed E-state index contributed by atoms with van der Waals surface area (Å²) in [6.07, 6.45) is 2.51. The number of nitrogens with zero attached hydrogens (tertiary/aromatic N) is 2. The molecule has 158 valence electrons. The summed E-state index contributed by atoms with van der Waals surface area (Å²) >= 11 is 0. The van der Waals surface area contributed by atoms with E-state index in [1.807, 2.05) is 55.5 Å². The zero-order valence-electron chi connectivity index (χ0n) is 17.8. The van der Waals surface area contributed by atoms with Crippen LogP contribution in [0.5, 0.6) is 17.2 Å². The largest absolute Gasteiger partial charge is 0.496 e. The monoisotopic (exact) mass is 416 g/mol. The third-order valence-electron chi connectivity index (χ3n) is 5.10. The zero-order valence-corrected chi connectivity index (χ0v) is 17.8.